The van der Waals surface area contributed by atoms with Crippen molar-refractivity contribution in [1.82, 2.24) is 4.98 Å². The van der Waals surface area contributed by atoms with Gasteiger partial charge in [-0.2, -0.15) is 5.10 Å². The van der Waals surface area contributed by atoms with Crippen LogP contribution in [0.1, 0.15) is 18.1 Å². The molecule has 0 fully saturated rings. The summed E-state index contributed by atoms with van der Waals surface area (Å²) in [6.07, 6.45) is 1.67. The number of hydrazone groups is 1. The Morgan fingerprint density at radius 2 is 1.91 bits per heavy atom. The van der Waals surface area contributed by atoms with Crippen LogP contribution in [0, 0.1) is 5.82 Å². The molecule has 0 aliphatic carbocycles. The summed E-state index contributed by atoms with van der Waals surface area (Å²) in [5.74, 6) is 0.621. The molecule has 1 aromatic heterocycles. The first-order valence-electron chi connectivity index (χ1n) is 10.3. The minimum absolute atomic E-state index is 0.00559. The van der Waals surface area contributed by atoms with Gasteiger partial charge in [-0.3, -0.25) is 5.43 Å². The lowest BCUT2D eigenvalue weighted by Gasteiger charge is -2.13. The smallest absolute Gasteiger partial charge is 0.203 e. The predicted octanol–water partition coefficient (Wildman–Crippen LogP) is 7.03. The highest BCUT2D eigenvalue weighted by Gasteiger charge is 2.11. The van der Waals surface area contributed by atoms with Crippen LogP contribution in [-0.2, 0) is 6.61 Å². The van der Waals surface area contributed by atoms with Crippen LogP contribution in [0.25, 0.3) is 11.3 Å². The summed E-state index contributed by atoms with van der Waals surface area (Å²) < 4.78 is 25.5. The van der Waals surface area contributed by atoms with Gasteiger partial charge < -0.3 is 9.47 Å². The van der Waals surface area contributed by atoms with E-state index in [1.165, 1.54) is 17.4 Å². The molecule has 0 radical (unpaired) electrons. The van der Waals surface area contributed by atoms with Gasteiger partial charge in [0.15, 0.2) is 11.5 Å². The second-order valence-corrected chi connectivity index (χ2v) is 8.17. The van der Waals surface area contributed by atoms with Crippen molar-refractivity contribution < 1.29 is 13.9 Å². The highest BCUT2D eigenvalue weighted by atomic mass is 35.5. The van der Waals surface area contributed by atoms with Crippen molar-refractivity contribution >= 4 is 34.3 Å². The molecular weight excluding hydrogens is 461 g/mol. The monoisotopic (exact) mass is 481 g/mol. The SMILES string of the molecule is CCOc1cc(C=NNc2nc(-c3ccccc3)cs2)ccc1OCc1c(F)cccc1Cl. The summed E-state index contributed by atoms with van der Waals surface area (Å²) in [6.45, 7) is 2.33. The molecule has 4 aromatic rings. The molecule has 0 saturated carbocycles. The molecule has 5 nitrogen and oxygen atoms in total. The van der Waals surface area contributed by atoms with Crippen LogP contribution >= 0.6 is 22.9 Å². The van der Waals surface area contributed by atoms with Crippen LogP contribution in [0.4, 0.5) is 9.52 Å². The molecule has 1 N–H and O–H groups in total. The van der Waals surface area contributed by atoms with Gasteiger partial charge in [0.25, 0.3) is 0 Å². The minimum Gasteiger partial charge on any atom is -0.490 e. The van der Waals surface area contributed by atoms with Crippen molar-refractivity contribution in [1.29, 1.82) is 0 Å². The summed E-state index contributed by atoms with van der Waals surface area (Å²) in [5, 5.41) is 7.27. The third kappa shape index (κ3) is 5.88. The van der Waals surface area contributed by atoms with E-state index in [9.17, 15) is 4.39 Å². The summed E-state index contributed by atoms with van der Waals surface area (Å²) >= 11 is 7.56. The number of aromatic nitrogens is 1. The first-order chi connectivity index (χ1) is 16.1. The lowest BCUT2D eigenvalue weighted by Crippen LogP contribution is -2.02. The second kappa shape index (κ2) is 10.9. The van der Waals surface area contributed by atoms with Crippen LogP contribution in [0.3, 0.4) is 0 Å². The van der Waals surface area contributed by atoms with Gasteiger partial charge in [-0.15, -0.1) is 11.3 Å². The van der Waals surface area contributed by atoms with Crippen molar-refractivity contribution in [2.24, 2.45) is 5.10 Å². The molecule has 0 bridgehead atoms. The Morgan fingerprint density at radius 1 is 1.06 bits per heavy atom. The van der Waals surface area contributed by atoms with Crippen molar-refractivity contribution in [3.63, 3.8) is 0 Å². The highest BCUT2D eigenvalue weighted by Crippen LogP contribution is 2.30. The Labute approximate surface area is 200 Å². The van der Waals surface area contributed by atoms with Crippen molar-refractivity contribution in [2.75, 3.05) is 12.0 Å². The van der Waals surface area contributed by atoms with Gasteiger partial charge in [-0.1, -0.05) is 48.0 Å². The quantitative estimate of drug-likeness (QED) is 0.206. The van der Waals surface area contributed by atoms with E-state index in [0.29, 0.717) is 33.8 Å². The van der Waals surface area contributed by atoms with Gasteiger partial charge in [-0.25, -0.2) is 9.37 Å². The van der Waals surface area contributed by atoms with Gasteiger partial charge in [0, 0.05) is 16.5 Å². The van der Waals surface area contributed by atoms with E-state index in [-0.39, 0.29) is 6.61 Å². The lowest BCUT2D eigenvalue weighted by atomic mass is 10.2. The maximum absolute atomic E-state index is 14.0. The maximum Gasteiger partial charge on any atom is 0.203 e. The molecule has 8 heteroatoms. The topological polar surface area (TPSA) is 55.7 Å². The molecule has 0 amide bonds. The predicted molar refractivity (Wildman–Crippen MR) is 132 cm³/mol. The lowest BCUT2D eigenvalue weighted by molar-refractivity contribution is 0.266. The molecule has 4 rings (SSSR count). The fourth-order valence-electron chi connectivity index (χ4n) is 3.04. The Bertz CT molecular complexity index is 1230. The third-order valence-corrected chi connectivity index (χ3v) is 5.75. The zero-order valence-electron chi connectivity index (χ0n) is 17.8. The van der Waals surface area contributed by atoms with Crippen LogP contribution in [-0.4, -0.2) is 17.8 Å². The van der Waals surface area contributed by atoms with Gasteiger partial charge in [0.2, 0.25) is 5.13 Å². The number of nitrogens with one attached hydrogen (secondary N) is 1. The van der Waals surface area contributed by atoms with E-state index < -0.39 is 5.82 Å². The van der Waals surface area contributed by atoms with Gasteiger partial charge in [0.05, 0.1) is 23.5 Å². The van der Waals surface area contributed by atoms with Crippen molar-refractivity contribution in [3.05, 3.63) is 94.1 Å². The molecule has 0 saturated heterocycles. The van der Waals surface area contributed by atoms with Crippen LogP contribution in [0.15, 0.2) is 77.2 Å². The molecular formula is C25H21ClFN3O2S. The summed E-state index contributed by atoms with van der Waals surface area (Å²) in [7, 11) is 0. The third-order valence-electron chi connectivity index (χ3n) is 4.65. The Kier molecular flexibility index (Phi) is 7.55. The van der Waals surface area contributed by atoms with Gasteiger partial charge in [-0.05, 0) is 42.8 Å². The van der Waals surface area contributed by atoms with Crippen molar-refractivity contribution in [2.45, 2.75) is 13.5 Å². The molecule has 0 spiro atoms. The van der Waals surface area contributed by atoms with Gasteiger partial charge >= 0.3 is 0 Å². The van der Waals surface area contributed by atoms with Crippen LogP contribution < -0.4 is 14.9 Å². The summed E-state index contributed by atoms with van der Waals surface area (Å²) in [4.78, 5) is 4.55. The standard InChI is InChI=1S/C25H21ClFN3O2S/c1-2-31-24-13-17(11-12-23(24)32-15-19-20(26)9-6-10-21(19)27)14-28-30-25-29-22(16-33-25)18-7-4-3-5-8-18/h3-14,16H,2,15H2,1H3,(H,29,30). The number of hydrogen-bond acceptors (Lipinski definition) is 6. The Hall–Kier alpha value is -3.42. The fraction of sp³-hybridized carbons (Fsp3) is 0.120. The number of halogens is 2. The number of benzene rings is 3. The average molecular weight is 482 g/mol. The number of rotatable bonds is 9. The molecule has 168 valence electrons. The number of thiazole rings is 1. The molecule has 33 heavy (non-hydrogen) atoms. The Morgan fingerprint density at radius 3 is 2.70 bits per heavy atom. The summed E-state index contributed by atoms with van der Waals surface area (Å²) in [5.41, 5.74) is 6.02. The minimum atomic E-state index is -0.409. The van der Waals surface area contributed by atoms with E-state index in [2.05, 4.69) is 15.5 Å². The van der Waals surface area contributed by atoms with Crippen LogP contribution in [0.5, 0.6) is 11.5 Å². The van der Waals surface area contributed by atoms with E-state index in [1.54, 1.807) is 24.4 Å². The number of nitrogens with zero attached hydrogens (tertiary/aromatic N) is 2. The number of hydrogen-bond donors (Lipinski definition) is 1. The molecule has 0 aliphatic rings. The molecule has 0 atom stereocenters. The maximum atomic E-state index is 14.0. The second-order valence-electron chi connectivity index (χ2n) is 6.90. The Balaban J connectivity index is 1.43. The zero-order valence-corrected chi connectivity index (χ0v) is 19.4. The van der Waals surface area contributed by atoms with E-state index >= 15 is 0 Å². The van der Waals surface area contributed by atoms with Gasteiger partial charge in [0.1, 0.15) is 12.4 Å². The first kappa shape index (κ1) is 22.8. The van der Waals surface area contributed by atoms with E-state index in [0.717, 1.165) is 16.8 Å². The van der Waals surface area contributed by atoms with Crippen LogP contribution in [0.2, 0.25) is 5.02 Å². The normalized spacial score (nSPS) is 11.0. The largest absolute Gasteiger partial charge is 0.490 e. The summed E-state index contributed by atoms with van der Waals surface area (Å²) in [6, 6.07) is 19.9. The molecule has 1 heterocycles. The molecule has 3 aromatic carbocycles. The highest BCUT2D eigenvalue weighted by molar-refractivity contribution is 7.14. The fourth-order valence-corrected chi connectivity index (χ4v) is 3.93. The van der Waals surface area contributed by atoms with Crippen molar-refractivity contribution in [3.8, 4) is 22.8 Å². The average Bonchev–Trinajstić information content (AvgIpc) is 3.30. The number of anilines is 1. The molecule has 0 unspecified atom stereocenters. The van der Waals surface area contributed by atoms with E-state index in [1.807, 2.05) is 54.8 Å². The first-order valence-corrected chi connectivity index (χ1v) is 11.5. The molecule has 0 aliphatic heterocycles. The van der Waals surface area contributed by atoms with E-state index in [4.69, 9.17) is 21.1 Å². The number of ether oxygens (including phenoxy) is 2. The zero-order chi connectivity index (χ0) is 23.0.